The van der Waals surface area contributed by atoms with Gasteiger partial charge in [-0.25, -0.2) is 0 Å². The van der Waals surface area contributed by atoms with Crippen molar-refractivity contribution in [2.75, 3.05) is 0 Å². The van der Waals surface area contributed by atoms with Crippen molar-refractivity contribution >= 4 is 71.7 Å². The first-order valence-corrected chi connectivity index (χ1v) is 0. The molecule has 0 aromatic heterocycles. The van der Waals surface area contributed by atoms with E-state index in [1.54, 1.807) is 0 Å². The first-order valence-electron chi connectivity index (χ1n) is 0. The van der Waals surface area contributed by atoms with Gasteiger partial charge < -0.3 is 2.85 Å². The van der Waals surface area contributed by atoms with E-state index in [1.165, 1.54) is 0 Å². The van der Waals surface area contributed by atoms with E-state index >= 15 is 0 Å². The summed E-state index contributed by atoms with van der Waals surface area (Å²) in [5.41, 5.74) is 0. The van der Waals surface area contributed by atoms with Gasteiger partial charge in [0.2, 0.25) is 0 Å². The molecular formula is H4Br2CaFe. The molecule has 0 saturated heterocycles. The monoisotopic (exact) mass is 258 g/mol. The normalized spacial score (nSPS) is 0. The van der Waals surface area contributed by atoms with Gasteiger partial charge in [0, 0.05) is 17.1 Å². The van der Waals surface area contributed by atoms with Crippen LogP contribution in [0.1, 0.15) is 2.85 Å². The molecule has 0 unspecified atom stereocenters. The van der Waals surface area contributed by atoms with Crippen molar-refractivity contribution in [3.63, 3.8) is 0 Å². The fourth-order valence-electron chi connectivity index (χ4n) is 0. The summed E-state index contributed by atoms with van der Waals surface area (Å²) in [6.07, 6.45) is 0. The Morgan fingerprint density at radius 3 is 1.00 bits per heavy atom. The second kappa shape index (κ2) is 17.2. The van der Waals surface area contributed by atoms with Gasteiger partial charge in [0.15, 0.2) is 0 Å². The van der Waals surface area contributed by atoms with Crippen LogP contribution in [-0.4, -0.2) is 37.7 Å². The second-order valence-electron chi connectivity index (χ2n) is 0. The van der Waals surface area contributed by atoms with E-state index in [0.717, 1.165) is 0 Å². The van der Waals surface area contributed by atoms with Crippen LogP contribution < -0.4 is 0 Å². The molecule has 0 aliphatic rings. The molecule has 0 fully saturated rings. The van der Waals surface area contributed by atoms with E-state index in [2.05, 4.69) is 0 Å². The Morgan fingerprint density at radius 1 is 1.00 bits per heavy atom. The van der Waals surface area contributed by atoms with Gasteiger partial charge in [-0.15, -0.1) is 34.0 Å². The molecule has 0 radical (unpaired) electrons. The fraction of sp³-hybridized carbons (Fsp3) is 0. The molecule has 0 nitrogen and oxygen atoms in total. The maximum atomic E-state index is 0. The van der Waals surface area contributed by atoms with Crippen molar-refractivity contribution in [2.24, 2.45) is 0 Å². The predicted octanol–water partition coefficient (Wildman–Crippen LogP) is 0.998. The SMILES string of the molecule is Br.Br.[Ca+2].[Fe].[H-].[H-]. The Balaban J connectivity index is 0. The van der Waals surface area contributed by atoms with Crippen molar-refractivity contribution in [2.45, 2.75) is 0 Å². The van der Waals surface area contributed by atoms with Gasteiger partial charge in [-0.2, -0.15) is 0 Å². The van der Waals surface area contributed by atoms with Crippen LogP contribution in [0.4, 0.5) is 0 Å². The maximum absolute atomic E-state index is 0. The number of rotatable bonds is 0. The predicted molar refractivity (Wildman–Crippen MR) is 28.6 cm³/mol. The summed E-state index contributed by atoms with van der Waals surface area (Å²) in [6, 6.07) is 0. The molecule has 0 heterocycles. The Hall–Kier alpha value is 2.74. The molecule has 4 heavy (non-hydrogen) atoms. The molecule has 0 aliphatic heterocycles. The summed E-state index contributed by atoms with van der Waals surface area (Å²) in [5.74, 6) is 0. The minimum Gasteiger partial charge on any atom is -1.00 e. The summed E-state index contributed by atoms with van der Waals surface area (Å²) in [7, 11) is 0. The molecule has 0 saturated carbocycles. The third-order valence-electron chi connectivity index (χ3n) is 0. The van der Waals surface area contributed by atoms with Gasteiger partial charge in [-0.1, -0.05) is 0 Å². The Bertz CT molecular complexity index is 11.5. The quantitative estimate of drug-likeness (QED) is 0.570. The van der Waals surface area contributed by atoms with Crippen LogP contribution in [0.2, 0.25) is 0 Å². The van der Waals surface area contributed by atoms with Gasteiger partial charge in [0.05, 0.1) is 0 Å². The van der Waals surface area contributed by atoms with Crippen molar-refractivity contribution in [1.82, 2.24) is 0 Å². The topological polar surface area (TPSA) is 0 Å². The van der Waals surface area contributed by atoms with E-state index in [4.69, 9.17) is 0 Å². The summed E-state index contributed by atoms with van der Waals surface area (Å²) < 4.78 is 0. The van der Waals surface area contributed by atoms with Crippen LogP contribution in [-0.2, 0) is 17.1 Å². The zero-order valence-corrected chi connectivity index (χ0v) is 8.62. The average molecular weight is 260 g/mol. The van der Waals surface area contributed by atoms with E-state index in [9.17, 15) is 0 Å². The zero-order chi connectivity index (χ0) is 0. The van der Waals surface area contributed by atoms with Crippen molar-refractivity contribution in [1.29, 1.82) is 0 Å². The summed E-state index contributed by atoms with van der Waals surface area (Å²) in [6.45, 7) is 0. The summed E-state index contributed by atoms with van der Waals surface area (Å²) >= 11 is 0. The van der Waals surface area contributed by atoms with E-state index in [0.29, 0.717) is 0 Å². The summed E-state index contributed by atoms with van der Waals surface area (Å²) in [4.78, 5) is 0. The maximum Gasteiger partial charge on any atom is 2.00 e. The number of hydrogen-bond acceptors (Lipinski definition) is 0. The third-order valence-corrected chi connectivity index (χ3v) is 0. The molecule has 0 aromatic carbocycles. The van der Waals surface area contributed by atoms with Crippen LogP contribution >= 0.6 is 34.0 Å². The largest absolute Gasteiger partial charge is 2.00 e. The Kier molecular flexibility index (Phi) is 127. The molecule has 28 valence electrons. The van der Waals surface area contributed by atoms with Crippen LogP contribution in [0.25, 0.3) is 0 Å². The van der Waals surface area contributed by atoms with Crippen LogP contribution in [0.15, 0.2) is 0 Å². The van der Waals surface area contributed by atoms with Gasteiger partial charge in [0.25, 0.3) is 0 Å². The molecule has 0 rings (SSSR count). The molecule has 0 amide bonds. The minimum absolute atomic E-state index is 0. The van der Waals surface area contributed by atoms with E-state index < -0.39 is 0 Å². The third kappa shape index (κ3) is 8.83. The van der Waals surface area contributed by atoms with Crippen molar-refractivity contribution < 1.29 is 19.9 Å². The number of halogens is 2. The van der Waals surface area contributed by atoms with Gasteiger partial charge >= 0.3 is 37.7 Å². The van der Waals surface area contributed by atoms with E-state index in [1.807, 2.05) is 0 Å². The van der Waals surface area contributed by atoms with Gasteiger partial charge in [-0.3, -0.25) is 0 Å². The molecular weight excluding hydrogens is 256 g/mol. The van der Waals surface area contributed by atoms with Crippen LogP contribution in [0, 0.1) is 0 Å². The van der Waals surface area contributed by atoms with Gasteiger partial charge in [0.1, 0.15) is 0 Å². The van der Waals surface area contributed by atoms with Gasteiger partial charge in [-0.05, 0) is 0 Å². The average Bonchev–Trinajstić information content (AvgIpc) is 0. The molecule has 0 aromatic rings. The second-order valence-corrected chi connectivity index (χ2v) is 0. The van der Waals surface area contributed by atoms with Crippen molar-refractivity contribution in [3.8, 4) is 0 Å². The Morgan fingerprint density at radius 2 is 1.00 bits per heavy atom. The first kappa shape index (κ1) is 29.6. The zero-order valence-electron chi connectivity index (χ0n) is 3.88. The molecule has 0 N–H and O–H groups in total. The van der Waals surface area contributed by atoms with E-state index in [-0.39, 0.29) is 91.6 Å². The van der Waals surface area contributed by atoms with Crippen molar-refractivity contribution in [3.05, 3.63) is 0 Å². The smallest absolute Gasteiger partial charge is 1.00 e. The molecule has 0 atom stereocenters. The Labute approximate surface area is 90.1 Å². The molecule has 0 bridgehead atoms. The van der Waals surface area contributed by atoms with Crippen LogP contribution in [0.3, 0.4) is 0 Å². The molecule has 0 spiro atoms. The molecule has 0 aliphatic carbocycles. The minimum atomic E-state index is 0. The van der Waals surface area contributed by atoms with Crippen LogP contribution in [0.5, 0.6) is 0 Å². The molecule has 4 heteroatoms. The fourth-order valence-corrected chi connectivity index (χ4v) is 0. The first-order chi connectivity index (χ1) is 0. The number of hydrogen-bond donors (Lipinski definition) is 0. The summed E-state index contributed by atoms with van der Waals surface area (Å²) in [5, 5.41) is 0. The standard InChI is InChI=1S/2BrH.Ca.Fe.2H/h2*1H;;;;/q;;+2;;2*-1.